The van der Waals surface area contributed by atoms with Gasteiger partial charge in [-0.2, -0.15) is 0 Å². The Hall–Kier alpha value is -5.64. The summed E-state index contributed by atoms with van der Waals surface area (Å²) in [6.45, 7) is 0.556. The van der Waals surface area contributed by atoms with Crippen LogP contribution in [-0.4, -0.2) is 59.6 Å². The van der Waals surface area contributed by atoms with Crippen LogP contribution in [0.15, 0.2) is 97.1 Å². The number of carbonyl (C=O) groups excluding carboxylic acids is 2. The van der Waals surface area contributed by atoms with E-state index in [2.05, 4.69) is 59.2 Å². The maximum atomic E-state index is 12.3. The van der Waals surface area contributed by atoms with Crippen LogP contribution in [-0.2, 0) is 19.1 Å². The predicted molar refractivity (Wildman–Crippen MR) is 199 cm³/mol. The van der Waals surface area contributed by atoms with Gasteiger partial charge in [-0.15, -0.1) is 0 Å². The molecule has 54 heavy (non-hydrogen) atoms. The van der Waals surface area contributed by atoms with Crippen molar-refractivity contribution in [2.24, 2.45) is 22.7 Å². The number of carbonyl (C=O) groups is 4. The number of nitrogens with one attached hydrogen (secondary N) is 2. The molecule has 4 aromatic rings. The zero-order chi connectivity index (χ0) is 37.2. The number of ether oxygens (including phenoxy) is 2. The summed E-state index contributed by atoms with van der Waals surface area (Å²) in [4.78, 5) is 47.4. The lowest BCUT2D eigenvalue weighted by Gasteiger charge is -2.18. The van der Waals surface area contributed by atoms with Crippen molar-refractivity contribution in [3.63, 3.8) is 0 Å². The van der Waals surface area contributed by atoms with Crippen molar-refractivity contribution in [2.45, 2.75) is 62.4 Å². The lowest BCUT2D eigenvalue weighted by Crippen LogP contribution is -2.36. The van der Waals surface area contributed by atoms with Crippen LogP contribution in [0.4, 0.5) is 9.59 Å². The Labute approximate surface area is 312 Å². The number of hydrogen-bond acceptors (Lipinski definition) is 6. The van der Waals surface area contributed by atoms with Gasteiger partial charge in [0, 0.05) is 23.9 Å². The van der Waals surface area contributed by atoms with E-state index in [9.17, 15) is 29.4 Å². The van der Waals surface area contributed by atoms with Crippen LogP contribution in [0.5, 0.6) is 0 Å². The molecule has 276 valence electrons. The monoisotopic (exact) mass is 726 g/mol. The van der Waals surface area contributed by atoms with Crippen LogP contribution < -0.4 is 10.6 Å². The van der Waals surface area contributed by atoms with Crippen molar-refractivity contribution in [3.05, 3.63) is 119 Å². The number of aliphatic carboxylic acids is 2. The van der Waals surface area contributed by atoms with Gasteiger partial charge in [0.05, 0.1) is 10.8 Å². The van der Waals surface area contributed by atoms with Crippen LogP contribution >= 0.6 is 0 Å². The quantitative estimate of drug-likeness (QED) is 0.145. The summed E-state index contributed by atoms with van der Waals surface area (Å²) >= 11 is 0. The minimum atomic E-state index is -0.732. The number of fused-ring (bicyclic) bond motifs is 8. The van der Waals surface area contributed by atoms with Crippen molar-refractivity contribution in [2.75, 3.05) is 13.2 Å². The van der Waals surface area contributed by atoms with Crippen molar-refractivity contribution >= 4 is 24.1 Å². The van der Waals surface area contributed by atoms with Gasteiger partial charge in [-0.3, -0.25) is 9.59 Å². The minimum Gasteiger partial charge on any atom is -0.481 e. The van der Waals surface area contributed by atoms with E-state index in [0.29, 0.717) is 12.8 Å². The lowest BCUT2D eigenvalue weighted by molar-refractivity contribution is -0.144. The average molecular weight is 727 g/mol. The molecule has 0 saturated heterocycles. The highest BCUT2D eigenvalue weighted by molar-refractivity contribution is 5.82. The molecule has 0 radical (unpaired) electrons. The Morgan fingerprint density at radius 1 is 0.519 bits per heavy atom. The summed E-state index contributed by atoms with van der Waals surface area (Å²) in [7, 11) is 0. The molecule has 0 aliphatic heterocycles. The van der Waals surface area contributed by atoms with Gasteiger partial charge in [0.2, 0.25) is 0 Å². The fourth-order valence-electron chi connectivity index (χ4n) is 10.1. The second-order valence-corrected chi connectivity index (χ2v) is 15.9. The van der Waals surface area contributed by atoms with Gasteiger partial charge in [-0.25, -0.2) is 9.59 Å². The largest absolute Gasteiger partial charge is 0.481 e. The number of carboxylic acids is 2. The Kier molecular flexibility index (Phi) is 8.24. The summed E-state index contributed by atoms with van der Waals surface area (Å²) in [5, 5.41) is 24.4. The van der Waals surface area contributed by atoms with Crippen molar-refractivity contribution in [1.29, 1.82) is 0 Å². The van der Waals surface area contributed by atoms with Gasteiger partial charge < -0.3 is 30.3 Å². The zero-order valence-corrected chi connectivity index (χ0v) is 29.7. The SMILES string of the molecule is O=C(N[C@@H]1C[C@H]2C[C@@]2(C(=O)O)C1)OCC1c2ccccc2-c2ccccc21.O=C(N[C@H]1C[C@@H]2C[C@]2(C(=O)O)C1)OCC1c2ccccc2-c2ccccc21. The first-order valence-corrected chi connectivity index (χ1v) is 18.9. The summed E-state index contributed by atoms with van der Waals surface area (Å²) < 4.78 is 11.1. The summed E-state index contributed by atoms with van der Waals surface area (Å²) in [5.41, 5.74) is 8.31. The van der Waals surface area contributed by atoms with Gasteiger partial charge >= 0.3 is 24.1 Å². The zero-order valence-electron chi connectivity index (χ0n) is 29.7. The molecule has 4 fully saturated rings. The van der Waals surface area contributed by atoms with Crippen LogP contribution in [0, 0.1) is 22.7 Å². The molecule has 6 aliphatic carbocycles. The molecule has 10 rings (SSSR count). The molecule has 0 bridgehead atoms. The predicted octanol–water partition coefficient (Wildman–Crippen LogP) is 7.56. The molecule has 4 N–H and O–H groups in total. The standard InChI is InChI=1S/2C22H21NO4/c2*24-20(25)22-10-13(22)9-14(11-22)23-21(26)27-12-19-17-7-3-1-5-15(17)16-6-2-4-8-18(16)19/h2*1-8,13-14,19H,9-12H2,(H,23,26)(H,24,25)/t2*13-,14+,22+/m10/s1. The normalized spacial score (nSPS) is 27.4. The smallest absolute Gasteiger partial charge is 0.407 e. The molecule has 10 heteroatoms. The molecule has 10 nitrogen and oxygen atoms in total. The first-order chi connectivity index (χ1) is 26.2. The van der Waals surface area contributed by atoms with Crippen LogP contribution in [0.3, 0.4) is 0 Å². The molecule has 6 atom stereocenters. The number of benzene rings is 4. The van der Waals surface area contributed by atoms with E-state index in [-0.39, 0.29) is 49.0 Å². The summed E-state index contributed by atoms with van der Waals surface area (Å²) in [6, 6.07) is 32.7. The maximum Gasteiger partial charge on any atom is 0.407 e. The lowest BCUT2D eigenvalue weighted by atomic mass is 9.98. The number of amides is 2. The Balaban J connectivity index is 0.000000142. The minimum absolute atomic E-state index is 0.0329. The van der Waals surface area contributed by atoms with Crippen LogP contribution in [0.2, 0.25) is 0 Å². The van der Waals surface area contributed by atoms with E-state index in [1.807, 2.05) is 48.5 Å². The maximum absolute atomic E-state index is 12.3. The number of carboxylic acid groups (broad SMARTS) is 2. The molecular formula is C44H42N2O8. The fourth-order valence-corrected chi connectivity index (χ4v) is 10.1. The van der Waals surface area contributed by atoms with Crippen molar-refractivity contribution in [1.82, 2.24) is 10.6 Å². The molecule has 4 aromatic carbocycles. The Morgan fingerprint density at radius 3 is 1.13 bits per heavy atom. The number of hydrogen-bond donors (Lipinski definition) is 4. The van der Waals surface area contributed by atoms with E-state index in [1.165, 1.54) is 44.5 Å². The first kappa shape index (κ1) is 34.1. The summed E-state index contributed by atoms with van der Waals surface area (Å²) in [6.07, 6.45) is 3.06. The molecule has 0 spiro atoms. The number of alkyl carbamates (subject to hydrolysis) is 2. The Morgan fingerprint density at radius 2 is 0.833 bits per heavy atom. The molecule has 0 unspecified atom stereocenters. The van der Waals surface area contributed by atoms with E-state index < -0.39 is 35.0 Å². The second kappa shape index (κ2) is 13.0. The first-order valence-electron chi connectivity index (χ1n) is 18.9. The van der Waals surface area contributed by atoms with Crippen LogP contribution in [0.25, 0.3) is 22.3 Å². The highest BCUT2D eigenvalue weighted by Gasteiger charge is 2.66. The van der Waals surface area contributed by atoms with Crippen LogP contribution in [0.1, 0.15) is 72.6 Å². The van der Waals surface area contributed by atoms with Gasteiger partial charge in [-0.05, 0) is 94.9 Å². The third kappa shape index (κ3) is 5.79. The van der Waals surface area contributed by atoms with Gasteiger partial charge in [0.15, 0.2) is 0 Å². The third-order valence-electron chi connectivity index (χ3n) is 13.0. The van der Waals surface area contributed by atoms with Gasteiger partial charge in [0.1, 0.15) is 13.2 Å². The fraction of sp³-hybridized carbons (Fsp3) is 0.364. The molecule has 0 aromatic heterocycles. The van der Waals surface area contributed by atoms with Crippen molar-refractivity contribution < 1.29 is 38.9 Å². The number of rotatable bonds is 8. The topological polar surface area (TPSA) is 151 Å². The van der Waals surface area contributed by atoms with E-state index in [4.69, 9.17) is 9.47 Å². The van der Waals surface area contributed by atoms with E-state index >= 15 is 0 Å². The van der Waals surface area contributed by atoms with E-state index in [0.717, 1.165) is 25.7 Å². The van der Waals surface area contributed by atoms with E-state index in [1.54, 1.807) is 0 Å². The molecule has 4 saturated carbocycles. The highest BCUT2D eigenvalue weighted by atomic mass is 16.6. The molecule has 6 aliphatic rings. The van der Waals surface area contributed by atoms with Gasteiger partial charge in [0.25, 0.3) is 0 Å². The summed E-state index contributed by atoms with van der Waals surface area (Å²) in [5.74, 6) is -0.993. The average Bonchev–Trinajstić information content (AvgIpc) is 3.81. The third-order valence-corrected chi connectivity index (χ3v) is 13.0. The van der Waals surface area contributed by atoms with Gasteiger partial charge in [-0.1, -0.05) is 97.1 Å². The Bertz CT molecular complexity index is 1940. The van der Waals surface area contributed by atoms with Crippen molar-refractivity contribution in [3.8, 4) is 22.3 Å². The molecular weight excluding hydrogens is 684 g/mol. The highest BCUT2D eigenvalue weighted by Crippen LogP contribution is 2.64. The molecule has 0 heterocycles. The second-order valence-electron chi connectivity index (χ2n) is 15.9. The molecule has 2 amide bonds.